The number of hydrogen-bond acceptors (Lipinski definition) is 4. The topological polar surface area (TPSA) is 101 Å². The van der Waals surface area contributed by atoms with Crippen LogP contribution >= 0.6 is 23.2 Å². The third kappa shape index (κ3) is 4.52. The number of rotatable bonds is 6. The zero-order valence-electron chi connectivity index (χ0n) is 10.7. The minimum Gasteiger partial charge on any atom is -0.398 e. The molecule has 1 aromatic carbocycles. The molecule has 9 heteroatoms. The predicted molar refractivity (Wildman–Crippen MR) is 79.4 cm³/mol. The first-order valence-electron chi connectivity index (χ1n) is 5.78. The van der Waals surface area contributed by atoms with Gasteiger partial charge in [-0.15, -0.1) is 0 Å². The van der Waals surface area contributed by atoms with Gasteiger partial charge in [0.05, 0.1) is 10.7 Å². The first kappa shape index (κ1) is 17.0. The highest BCUT2D eigenvalue weighted by Crippen LogP contribution is 2.30. The van der Waals surface area contributed by atoms with Crippen molar-refractivity contribution in [3.8, 4) is 0 Å². The van der Waals surface area contributed by atoms with Crippen LogP contribution in [0.25, 0.3) is 0 Å². The maximum Gasteiger partial charge on any atom is 0.244 e. The van der Waals surface area contributed by atoms with Crippen molar-refractivity contribution in [1.82, 2.24) is 10.0 Å². The molecule has 20 heavy (non-hydrogen) atoms. The van der Waals surface area contributed by atoms with Crippen LogP contribution in [0.5, 0.6) is 0 Å². The van der Waals surface area contributed by atoms with Crippen LogP contribution < -0.4 is 15.8 Å². The molecule has 0 aliphatic rings. The molecule has 0 heterocycles. The monoisotopic (exact) mass is 339 g/mol. The second kappa shape index (κ2) is 7.12. The molecule has 6 nitrogen and oxygen atoms in total. The molecule has 1 rings (SSSR count). The van der Waals surface area contributed by atoms with Crippen LogP contribution in [-0.2, 0) is 14.8 Å². The Bertz CT molecular complexity index is 582. The van der Waals surface area contributed by atoms with E-state index in [1.807, 2.05) is 0 Å². The van der Waals surface area contributed by atoms with Gasteiger partial charge in [-0.25, -0.2) is 13.1 Å². The van der Waals surface area contributed by atoms with Crippen LogP contribution in [0.2, 0.25) is 10.0 Å². The Morgan fingerprint density at radius 2 is 2.00 bits per heavy atom. The van der Waals surface area contributed by atoms with Crippen LogP contribution in [0.15, 0.2) is 17.0 Å². The number of amides is 1. The fraction of sp³-hybridized carbons (Fsp3) is 0.364. The van der Waals surface area contributed by atoms with Crippen molar-refractivity contribution in [3.05, 3.63) is 22.2 Å². The van der Waals surface area contributed by atoms with E-state index in [0.29, 0.717) is 6.54 Å². The summed E-state index contributed by atoms with van der Waals surface area (Å²) in [4.78, 5) is 11.0. The number of nitrogens with one attached hydrogen (secondary N) is 2. The Morgan fingerprint density at radius 3 is 2.55 bits per heavy atom. The number of carbonyl (C=O) groups is 1. The molecule has 0 radical (unpaired) electrons. The first-order valence-corrected chi connectivity index (χ1v) is 8.02. The molecule has 0 fully saturated rings. The standard InChI is InChI=1S/C11H15Cl2N3O3S/c1-2-15-10(17)3-4-16-20(18,19)11-8(13)5-7(12)6-9(11)14/h5-6,16H,2-4,14H2,1H3,(H,15,17). The number of hydrogen-bond donors (Lipinski definition) is 3. The highest BCUT2D eigenvalue weighted by molar-refractivity contribution is 7.89. The summed E-state index contributed by atoms with van der Waals surface area (Å²) < 4.78 is 26.4. The molecular formula is C11H15Cl2N3O3S. The third-order valence-corrected chi connectivity index (χ3v) is 4.53. The SMILES string of the molecule is CCNC(=O)CCNS(=O)(=O)c1c(N)cc(Cl)cc1Cl. The zero-order valence-corrected chi connectivity index (χ0v) is 13.1. The van der Waals surface area contributed by atoms with Crippen LogP contribution in [0.1, 0.15) is 13.3 Å². The number of sulfonamides is 1. The summed E-state index contributed by atoms with van der Waals surface area (Å²) in [5.74, 6) is -0.245. The smallest absolute Gasteiger partial charge is 0.244 e. The molecule has 0 spiro atoms. The van der Waals surface area contributed by atoms with E-state index in [0.717, 1.165) is 0 Å². The van der Waals surface area contributed by atoms with E-state index < -0.39 is 10.0 Å². The Labute approximate surface area is 127 Å². The normalized spacial score (nSPS) is 11.3. The second-order valence-electron chi connectivity index (χ2n) is 3.91. The van der Waals surface area contributed by atoms with Gasteiger partial charge < -0.3 is 11.1 Å². The van der Waals surface area contributed by atoms with Crippen molar-refractivity contribution in [1.29, 1.82) is 0 Å². The molecule has 0 atom stereocenters. The molecule has 0 aromatic heterocycles. The van der Waals surface area contributed by atoms with Crippen LogP contribution in [-0.4, -0.2) is 27.4 Å². The average molecular weight is 340 g/mol. The third-order valence-electron chi connectivity index (χ3n) is 2.32. The predicted octanol–water partition coefficient (Wildman–Crippen LogP) is 1.38. The Balaban J connectivity index is 2.82. The van der Waals surface area contributed by atoms with E-state index in [-0.39, 0.29) is 39.5 Å². The van der Waals surface area contributed by atoms with Gasteiger partial charge in [-0.05, 0) is 19.1 Å². The number of benzene rings is 1. The van der Waals surface area contributed by atoms with Crippen molar-refractivity contribution in [2.24, 2.45) is 0 Å². The minimum atomic E-state index is -3.89. The average Bonchev–Trinajstić information content (AvgIpc) is 2.26. The molecule has 0 unspecified atom stereocenters. The molecule has 112 valence electrons. The van der Waals surface area contributed by atoms with Crippen molar-refractivity contribution in [2.75, 3.05) is 18.8 Å². The lowest BCUT2D eigenvalue weighted by Gasteiger charge is -2.11. The number of anilines is 1. The second-order valence-corrected chi connectivity index (χ2v) is 6.45. The van der Waals surface area contributed by atoms with Gasteiger partial charge in [0.2, 0.25) is 15.9 Å². The van der Waals surface area contributed by atoms with E-state index in [2.05, 4.69) is 10.0 Å². The number of carbonyl (C=O) groups excluding carboxylic acids is 1. The summed E-state index contributed by atoms with van der Waals surface area (Å²) in [5, 5.41) is 2.74. The lowest BCUT2D eigenvalue weighted by molar-refractivity contribution is -0.120. The van der Waals surface area contributed by atoms with Gasteiger partial charge in [-0.3, -0.25) is 4.79 Å². The van der Waals surface area contributed by atoms with Crippen LogP contribution in [0.4, 0.5) is 5.69 Å². The molecule has 0 aliphatic heterocycles. The van der Waals surface area contributed by atoms with Gasteiger partial charge in [0.1, 0.15) is 4.90 Å². The lowest BCUT2D eigenvalue weighted by Crippen LogP contribution is -2.31. The first-order chi connectivity index (χ1) is 9.27. The van der Waals surface area contributed by atoms with Gasteiger partial charge in [0.15, 0.2) is 0 Å². The fourth-order valence-electron chi connectivity index (χ4n) is 1.52. The zero-order chi connectivity index (χ0) is 15.3. The maximum atomic E-state index is 12.1. The number of nitrogen functional groups attached to an aromatic ring is 1. The molecule has 0 saturated heterocycles. The van der Waals surface area contributed by atoms with Gasteiger partial charge in [0.25, 0.3) is 0 Å². The summed E-state index contributed by atoms with van der Waals surface area (Å²) in [5.41, 5.74) is 5.57. The summed E-state index contributed by atoms with van der Waals surface area (Å²) in [6.45, 7) is 2.21. The van der Waals surface area contributed by atoms with E-state index >= 15 is 0 Å². The summed E-state index contributed by atoms with van der Waals surface area (Å²) in [7, 11) is -3.89. The van der Waals surface area contributed by atoms with Crippen molar-refractivity contribution in [3.63, 3.8) is 0 Å². The summed E-state index contributed by atoms with van der Waals surface area (Å²) in [6, 6.07) is 2.59. The maximum absolute atomic E-state index is 12.1. The van der Waals surface area contributed by atoms with E-state index in [1.165, 1.54) is 12.1 Å². The molecule has 0 saturated carbocycles. The van der Waals surface area contributed by atoms with Crippen LogP contribution in [0, 0.1) is 0 Å². The molecule has 4 N–H and O–H groups in total. The Hall–Kier alpha value is -1.02. The molecule has 1 aromatic rings. The Kier molecular flexibility index (Phi) is 6.07. The van der Waals surface area contributed by atoms with Gasteiger partial charge >= 0.3 is 0 Å². The minimum absolute atomic E-state index is 0.0260. The number of nitrogens with two attached hydrogens (primary N) is 1. The highest BCUT2D eigenvalue weighted by Gasteiger charge is 2.21. The highest BCUT2D eigenvalue weighted by atomic mass is 35.5. The van der Waals surface area contributed by atoms with Gasteiger partial charge in [-0.2, -0.15) is 0 Å². The quantitative estimate of drug-likeness (QED) is 0.681. The van der Waals surface area contributed by atoms with Crippen LogP contribution in [0.3, 0.4) is 0 Å². The van der Waals surface area contributed by atoms with E-state index in [9.17, 15) is 13.2 Å². The van der Waals surface area contributed by atoms with Crippen molar-refractivity contribution < 1.29 is 13.2 Å². The van der Waals surface area contributed by atoms with Gasteiger partial charge in [-0.1, -0.05) is 23.2 Å². The lowest BCUT2D eigenvalue weighted by atomic mass is 10.3. The summed E-state index contributed by atoms with van der Waals surface area (Å²) in [6.07, 6.45) is 0.0260. The van der Waals surface area contributed by atoms with Crippen molar-refractivity contribution in [2.45, 2.75) is 18.2 Å². The Morgan fingerprint density at radius 1 is 1.35 bits per heavy atom. The summed E-state index contributed by atoms with van der Waals surface area (Å²) >= 11 is 11.6. The van der Waals surface area contributed by atoms with Crippen molar-refractivity contribution >= 4 is 44.8 Å². The largest absolute Gasteiger partial charge is 0.398 e. The van der Waals surface area contributed by atoms with E-state index in [4.69, 9.17) is 28.9 Å². The van der Waals surface area contributed by atoms with E-state index in [1.54, 1.807) is 6.92 Å². The fourth-order valence-corrected chi connectivity index (χ4v) is 3.53. The number of halogens is 2. The molecule has 0 aliphatic carbocycles. The molecular weight excluding hydrogens is 325 g/mol. The van der Waals surface area contributed by atoms with Gasteiger partial charge in [0, 0.05) is 24.5 Å². The molecule has 1 amide bonds. The molecule has 0 bridgehead atoms.